The van der Waals surface area contributed by atoms with Gasteiger partial charge in [-0.1, -0.05) is 17.7 Å². The van der Waals surface area contributed by atoms with E-state index in [9.17, 15) is 8.42 Å². The van der Waals surface area contributed by atoms with Crippen molar-refractivity contribution in [2.75, 3.05) is 6.61 Å². The number of sulfonamides is 1. The van der Waals surface area contributed by atoms with Crippen molar-refractivity contribution in [1.29, 1.82) is 0 Å². The van der Waals surface area contributed by atoms with Gasteiger partial charge in [-0.2, -0.15) is 0 Å². The Kier molecular flexibility index (Phi) is 3.99. The quantitative estimate of drug-likeness (QED) is 0.925. The molecule has 0 radical (unpaired) electrons. The molecule has 2 rings (SSSR count). The van der Waals surface area contributed by atoms with E-state index in [2.05, 4.69) is 4.72 Å². The Bertz CT molecular complexity index is 534. The Morgan fingerprint density at radius 3 is 2.47 bits per heavy atom. The van der Waals surface area contributed by atoms with Crippen LogP contribution in [0.15, 0.2) is 29.2 Å². The molecular formula is C14H21NO3S. The third-order valence-corrected chi connectivity index (χ3v) is 4.89. The molecule has 1 heterocycles. The van der Waals surface area contributed by atoms with Gasteiger partial charge in [0.05, 0.1) is 10.5 Å². The lowest BCUT2D eigenvalue weighted by Gasteiger charge is -2.35. The molecule has 0 unspecified atom stereocenters. The minimum atomic E-state index is -3.43. The zero-order valence-electron chi connectivity index (χ0n) is 11.6. The Labute approximate surface area is 115 Å². The van der Waals surface area contributed by atoms with Crippen molar-refractivity contribution in [1.82, 2.24) is 4.72 Å². The molecular weight excluding hydrogens is 262 g/mol. The van der Waals surface area contributed by atoms with E-state index in [0.717, 1.165) is 5.56 Å². The zero-order chi connectivity index (χ0) is 14.1. The summed E-state index contributed by atoms with van der Waals surface area (Å²) in [7, 11) is -3.43. The summed E-state index contributed by atoms with van der Waals surface area (Å²) in [6.45, 7) is 6.50. The van der Waals surface area contributed by atoms with Crippen LogP contribution in [-0.4, -0.2) is 26.7 Å². The average molecular weight is 283 g/mol. The van der Waals surface area contributed by atoms with Gasteiger partial charge < -0.3 is 4.74 Å². The van der Waals surface area contributed by atoms with Crippen LogP contribution >= 0.6 is 0 Å². The van der Waals surface area contributed by atoms with Gasteiger partial charge in [0, 0.05) is 12.6 Å². The molecule has 1 saturated heterocycles. The summed E-state index contributed by atoms with van der Waals surface area (Å²) in [5.41, 5.74) is 0.782. The zero-order valence-corrected chi connectivity index (χ0v) is 12.5. The van der Waals surface area contributed by atoms with Crippen molar-refractivity contribution in [3.05, 3.63) is 29.8 Å². The van der Waals surface area contributed by atoms with Crippen LogP contribution in [0.3, 0.4) is 0 Å². The van der Waals surface area contributed by atoms with Crippen molar-refractivity contribution in [3.8, 4) is 0 Å². The van der Waals surface area contributed by atoms with Crippen molar-refractivity contribution in [2.45, 2.75) is 50.2 Å². The van der Waals surface area contributed by atoms with Crippen LogP contribution in [0.25, 0.3) is 0 Å². The van der Waals surface area contributed by atoms with Crippen molar-refractivity contribution >= 4 is 10.0 Å². The van der Waals surface area contributed by atoms with Crippen LogP contribution < -0.4 is 4.72 Å². The highest BCUT2D eigenvalue weighted by molar-refractivity contribution is 7.89. The summed E-state index contributed by atoms with van der Waals surface area (Å²) in [6, 6.07) is 6.84. The summed E-state index contributed by atoms with van der Waals surface area (Å²) >= 11 is 0. The fourth-order valence-corrected chi connectivity index (χ4v) is 3.61. The monoisotopic (exact) mass is 283 g/mol. The minimum Gasteiger partial charge on any atom is -0.375 e. The first-order chi connectivity index (χ1) is 8.78. The van der Waals surface area contributed by atoms with E-state index in [1.807, 2.05) is 32.9 Å². The van der Waals surface area contributed by atoms with Crippen molar-refractivity contribution in [3.63, 3.8) is 0 Å². The summed E-state index contributed by atoms with van der Waals surface area (Å²) in [6.07, 6.45) is 1.41. The second kappa shape index (κ2) is 5.23. The molecule has 19 heavy (non-hydrogen) atoms. The van der Waals surface area contributed by atoms with E-state index in [4.69, 9.17) is 4.74 Å². The first-order valence-electron chi connectivity index (χ1n) is 6.51. The highest BCUT2D eigenvalue weighted by Gasteiger charge is 2.31. The maximum Gasteiger partial charge on any atom is 0.240 e. The first-order valence-corrected chi connectivity index (χ1v) is 8.00. The van der Waals surface area contributed by atoms with Gasteiger partial charge in [0.25, 0.3) is 0 Å². The lowest BCUT2D eigenvalue weighted by atomic mass is 9.95. The Balaban J connectivity index is 2.11. The lowest BCUT2D eigenvalue weighted by Crippen LogP contribution is -2.45. The Hall–Kier alpha value is -0.910. The molecule has 0 aliphatic carbocycles. The van der Waals surface area contributed by atoms with E-state index in [1.165, 1.54) is 0 Å². The van der Waals surface area contributed by atoms with Gasteiger partial charge in [-0.25, -0.2) is 13.1 Å². The largest absolute Gasteiger partial charge is 0.375 e. The fourth-order valence-electron chi connectivity index (χ4n) is 2.34. The maximum absolute atomic E-state index is 12.3. The topological polar surface area (TPSA) is 55.4 Å². The number of benzene rings is 1. The van der Waals surface area contributed by atoms with Crippen LogP contribution in [0.1, 0.15) is 32.3 Å². The van der Waals surface area contributed by atoms with E-state index in [-0.39, 0.29) is 11.6 Å². The standard InChI is InChI=1S/C14H21NO3S/c1-11-4-6-13(7-5-11)19(16,17)15-12-8-9-18-14(2,3)10-12/h4-7,12,15H,8-10H2,1-3H3/t12-/m0/s1. The van der Waals surface area contributed by atoms with Gasteiger partial charge in [-0.05, 0) is 45.7 Å². The van der Waals surface area contributed by atoms with Crippen molar-refractivity contribution in [2.24, 2.45) is 0 Å². The summed E-state index contributed by atoms with van der Waals surface area (Å²) in [4.78, 5) is 0.322. The highest BCUT2D eigenvalue weighted by Crippen LogP contribution is 2.25. The Morgan fingerprint density at radius 2 is 1.89 bits per heavy atom. The van der Waals surface area contributed by atoms with Crippen LogP contribution in [0.2, 0.25) is 0 Å². The van der Waals surface area contributed by atoms with Gasteiger partial charge in [-0.15, -0.1) is 0 Å². The number of hydrogen-bond acceptors (Lipinski definition) is 3. The molecule has 1 atom stereocenters. The summed E-state index contributed by atoms with van der Waals surface area (Å²) in [5.74, 6) is 0. The third-order valence-electron chi connectivity index (χ3n) is 3.35. The maximum atomic E-state index is 12.3. The molecule has 106 valence electrons. The van der Waals surface area contributed by atoms with Gasteiger partial charge in [0.2, 0.25) is 10.0 Å². The molecule has 0 aromatic heterocycles. The molecule has 1 N–H and O–H groups in total. The molecule has 1 aromatic carbocycles. The SMILES string of the molecule is Cc1ccc(S(=O)(=O)N[C@H]2CCOC(C)(C)C2)cc1. The second-order valence-electron chi connectivity index (χ2n) is 5.73. The predicted molar refractivity (Wildman–Crippen MR) is 74.6 cm³/mol. The molecule has 0 bridgehead atoms. The van der Waals surface area contributed by atoms with Gasteiger partial charge in [-0.3, -0.25) is 0 Å². The average Bonchev–Trinajstić information content (AvgIpc) is 2.27. The number of rotatable bonds is 3. The molecule has 4 nitrogen and oxygen atoms in total. The lowest BCUT2D eigenvalue weighted by molar-refractivity contribution is -0.0599. The first kappa shape index (κ1) is 14.5. The summed E-state index contributed by atoms with van der Waals surface area (Å²) < 4.78 is 32.9. The molecule has 0 saturated carbocycles. The molecule has 1 fully saturated rings. The van der Waals surface area contributed by atoms with Crippen LogP contribution in [0.4, 0.5) is 0 Å². The number of ether oxygens (including phenoxy) is 1. The molecule has 5 heteroatoms. The molecule has 1 aliphatic heterocycles. The second-order valence-corrected chi connectivity index (χ2v) is 7.45. The third kappa shape index (κ3) is 3.78. The predicted octanol–water partition coefficient (Wildman–Crippen LogP) is 2.23. The molecule has 1 aliphatic rings. The van der Waals surface area contributed by atoms with E-state index < -0.39 is 10.0 Å². The van der Waals surface area contributed by atoms with Crippen LogP contribution in [-0.2, 0) is 14.8 Å². The van der Waals surface area contributed by atoms with Crippen LogP contribution in [0.5, 0.6) is 0 Å². The number of aryl methyl sites for hydroxylation is 1. The van der Waals surface area contributed by atoms with Gasteiger partial charge in [0.1, 0.15) is 0 Å². The van der Waals surface area contributed by atoms with E-state index >= 15 is 0 Å². The van der Waals surface area contributed by atoms with Gasteiger partial charge in [0.15, 0.2) is 0 Å². The molecule has 0 spiro atoms. The van der Waals surface area contributed by atoms with E-state index in [1.54, 1.807) is 12.1 Å². The fraction of sp³-hybridized carbons (Fsp3) is 0.571. The normalized spacial score (nSPS) is 23.2. The molecule has 0 amide bonds. The number of hydrogen-bond donors (Lipinski definition) is 1. The Morgan fingerprint density at radius 1 is 1.26 bits per heavy atom. The van der Waals surface area contributed by atoms with Crippen LogP contribution in [0, 0.1) is 6.92 Å². The van der Waals surface area contributed by atoms with E-state index in [0.29, 0.717) is 24.3 Å². The molecule has 1 aromatic rings. The minimum absolute atomic E-state index is 0.0601. The van der Waals surface area contributed by atoms with Crippen molar-refractivity contribution < 1.29 is 13.2 Å². The highest BCUT2D eigenvalue weighted by atomic mass is 32.2. The number of nitrogens with one attached hydrogen (secondary N) is 1. The smallest absolute Gasteiger partial charge is 0.240 e. The summed E-state index contributed by atoms with van der Waals surface area (Å²) in [5, 5.41) is 0. The van der Waals surface area contributed by atoms with Gasteiger partial charge >= 0.3 is 0 Å².